The van der Waals surface area contributed by atoms with Gasteiger partial charge < -0.3 is 15.1 Å². The predicted molar refractivity (Wildman–Crippen MR) is 89.7 cm³/mol. The summed E-state index contributed by atoms with van der Waals surface area (Å²) in [6, 6.07) is 0.311. The smallest absolute Gasteiger partial charge is 0.221 e. The number of thiazole rings is 1. The number of carbonyl (C=O) groups excluding carboxylic acids is 1. The van der Waals surface area contributed by atoms with E-state index in [0.29, 0.717) is 19.0 Å². The summed E-state index contributed by atoms with van der Waals surface area (Å²) in [5.41, 5.74) is 0.964. The monoisotopic (exact) mass is 328 g/mol. The fourth-order valence-corrected chi connectivity index (χ4v) is 3.93. The van der Waals surface area contributed by atoms with Crippen molar-refractivity contribution in [1.82, 2.24) is 20.1 Å². The standard InChI is InChI=1S/C14H24N4OS2/c1-17-4-5-18(2)12(8-17)6-13(19)15-7-11-9-21-14(16-11)10-20-3/h9,12H,4-8,10H2,1-3H3,(H,15,19)/t12-/m1/s1. The number of likely N-dealkylation sites (N-methyl/N-ethyl adjacent to an activating group) is 2. The summed E-state index contributed by atoms with van der Waals surface area (Å²) in [6.07, 6.45) is 2.63. The maximum Gasteiger partial charge on any atom is 0.221 e. The second kappa shape index (κ2) is 8.12. The SMILES string of the molecule is CSCc1nc(CNC(=O)C[C@@H]2CN(C)CCN2C)cs1. The van der Waals surface area contributed by atoms with Gasteiger partial charge in [0.2, 0.25) is 5.91 Å². The lowest BCUT2D eigenvalue weighted by atomic mass is 10.1. The van der Waals surface area contributed by atoms with Crippen molar-refractivity contribution in [2.45, 2.75) is 24.8 Å². The third-order valence-electron chi connectivity index (χ3n) is 3.74. The van der Waals surface area contributed by atoms with E-state index < -0.39 is 0 Å². The molecule has 1 saturated heterocycles. The van der Waals surface area contributed by atoms with E-state index in [1.165, 1.54) is 0 Å². The normalized spacial score (nSPS) is 20.6. The van der Waals surface area contributed by atoms with Crippen LogP contribution in [0.5, 0.6) is 0 Å². The van der Waals surface area contributed by atoms with E-state index in [-0.39, 0.29) is 5.91 Å². The molecule has 2 heterocycles. The van der Waals surface area contributed by atoms with Crippen molar-refractivity contribution in [2.75, 3.05) is 40.0 Å². The third kappa shape index (κ3) is 5.25. The van der Waals surface area contributed by atoms with Crippen molar-refractivity contribution >= 4 is 29.0 Å². The lowest BCUT2D eigenvalue weighted by molar-refractivity contribution is -0.122. The lowest BCUT2D eigenvalue weighted by Gasteiger charge is -2.37. The van der Waals surface area contributed by atoms with Crippen LogP contribution in [0.3, 0.4) is 0 Å². The molecule has 1 aliphatic rings. The van der Waals surface area contributed by atoms with Gasteiger partial charge in [-0.3, -0.25) is 4.79 Å². The zero-order valence-corrected chi connectivity index (χ0v) is 14.6. The van der Waals surface area contributed by atoms with Crippen LogP contribution >= 0.6 is 23.1 Å². The highest BCUT2D eigenvalue weighted by Gasteiger charge is 2.24. The van der Waals surface area contributed by atoms with Crippen LogP contribution in [0.25, 0.3) is 0 Å². The van der Waals surface area contributed by atoms with Crippen LogP contribution in [0.4, 0.5) is 0 Å². The lowest BCUT2D eigenvalue weighted by Crippen LogP contribution is -2.51. The van der Waals surface area contributed by atoms with Gasteiger partial charge in [-0.15, -0.1) is 11.3 Å². The molecule has 0 spiro atoms. The van der Waals surface area contributed by atoms with Gasteiger partial charge in [-0.2, -0.15) is 11.8 Å². The molecule has 0 aliphatic carbocycles. The van der Waals surface area contributed by atoms with E-state index in [1.54, 1.807) is 23.1 Å². The first-order chi connectivity index (χ1) is 10.1. The van der Waals surface area contributed by atoms with Crippen molar-refractivity contribution < 1.29 is 4.79 Å². The zero-order valence-electron chi connectivity index (χ0n) is 13.0. The largest absolute Gasteiger partial charge is 0.350 e. The molecule has 21 heavy (non-hydrogen) atoms. The fourth-order valence-electron chi connectivity index (χ4n) is 2.42. The van der Waals surface area contributed by atoms with Crippen LogP contribution < -0.4 is 5.32 Å². The van der Waals surface area contributed by atoms with Gasteiger partial charge in [0.25, 0.3) is 0 Å². The Labute approximate surface area is 135 Å². The topological polar surface area (TPSA) is 48.5 Å². The molecule has 1 aliphatic heterocycles. The molecular weight excluding hydrogens is 304 g/mol. The molecule has 0 bridgehead atoms. The first-order valence-electron chi connectivity index (χ1n) is 7.16. The number of hydrogen-bond donors (Lipinski definition) is 1. The summed E-state index contributed by atoms with van der Waals surface area (Å²) in [5.74, 6) is 1.05. The summed E-state index contributed by atoms with van der Waals surface area (Å²) < 4.78 is 0. The Hall–Kier alpha value is -0.630. The molecule has 5 nitrogen and oxygen atoms in total. The van der Waals surface area contributed by atoms with Crippen LogP contribution in [-0.2, 0) is 17.1 Å². The van der Waals surface area contributed by atoms with Crippen molar-refractivity contribution in [3.63, 3.8) is 0 Å². The average Bonchev–Trinajstić information content (AvgIpc) is 2.89. The van der Waals surface area contributed by atoms with E-state index in [9.17, 15) is 4.79 Å². The predicted octanol–water partition coefficient (Wildman–Crippen LogP) is 1.26. The molecule has 1 atom stereocenters. The Morgan fingerprint density at radius 3 is 3.10 bits per heavy atom. The molecule has 1 N–H and O–H groups in total. The number of nitrogens with one attached hydrogen (secondary N) is 1. The highest BCUT2D eigenvalue weighted by atomic mass is 32.2. The van der Waals surface area contributed by atoms with Crippen LogP contribution in [0, 0.1) is 0 Å². The summed E-state index contributed by atoms with van der Waals surface area (Å²) in [6.45, 7) is 3.60. The number of nitrogens with zero attached hydrogens (tertiary/aromatic N) is 3. The Kier molecular flexibility index (Phi) is 6.47. The molecule has 1 aromatic rings. The van der Waals surface area contributed by atoms with Crippen LogP contribution in [0.2, 0.25) is 0 Å². The number of rotatable bonds is 6. The maximum absolute atomic E-state index is 12.1. The summed E-state index contributed by atoms with van der Waals surface area (Å²) in [7, 11) is 4.21. The molecule has 1 amide bonds. The minimum Gasteiger partial charge on any atom is -0.350 e. The second-order valence-corrected chi connectivity index (χ2v) is 7.35. The fraction of sp³-hybridized carbons (Fsp3) is 0.714. The van der Waals surface area contributed by atoms with Gasteiger partial charge in [0.1, 0.15) is 5.01 Å². The Balaban J connectivity index is 1.76. The number of amides is 1. The maximum atomic E-state index is 12.1. The van der Waals surface area contributed by atoms with E-state index >= 15 is 0 Å². The molecule has 0 aromatic carbocycles. The average molecular weight is 329 g/mol. The van der Waals surface area contributed by atoms with Gasteiger partial charge in [-0.05, 0) is 20.4 Å². The van der Waals surface area contributed by atoms with Gasteiger partial charge in [0.15, 0.2) is 0 Å². The molecule has 2 rings (SSSR count). The Bertz CT molecular complexity index is 466. The van der Waals surface area contributed by atoms with Crippen molar-refractivity contribution in [2.24, 2.45) is 0 Å². The van der Waals surface area contributed by atoms with Crippen molar-refractivity contribution in [3.05, 3.63) is 16.1 Å². The van der Waals surface area contributed by atoms with Gasteiger partial charge >= 0.3 is 0 Å². The van der Waals surface area contributed by atoms with E-state index in [1.807, 2.05) is 5.38 Å². The highest BCUT2D eigenvalue weighted by Crippen LogP contribution is 2.15. The minimum absolute atomic E-state index is 0.113. The molecule has 1 aromatic heterocycles. The summed E-state index contributed by atoms with van der Waals surface area (Å²) in [4.78, 5) is 21.2. The number of carbonyl (C=O) groups is 1. The van der Waals surface area contributed by atoms with Crippen molar-refractivity contribution in [1.29, 1.82) is 0 Å². The van der Waals surface area contributed by atoms with Gasteiger partial charge in [-0.1, -0.05) is 0 Å². The first kappa shape index (κ1) is 16.7. The molecular formula is C14H24N4OS2. The summed E-state index contributed by atoms with van der Waals surface area (Å²) in [5, 5.41) is 6.15. The third-order valence-corrected chi connectivity index (χ3v) is 5.38. The Morgan fingerprint density at radius 2 is 2.33 bits per heavy atom. The zero-order chi connectivity index (χ0) is 15.2. The molecule has 118 valence electrons. The van der Waals surface area contributed by atoms with Gasteiger partial charge in [-0.25, -0.2) is 4.98 Å². The molecule has 1 fully saturated rings. The first-order valence-corrected chi connectivity index (χ1v) is 9.43. The van der Waals surface area contributed by atoms with Crippen LogP contribution in [0.15, 0.2) is 5.38 Å². The quantitative estimate of drug-likeness (QED) is 0.852. The minimum atomic E-state index is 0.113. The van der Waals surface area contributed by atoms with E-state index in [0.717, 1.165) is 36.1 Å². The number of aromatic nitrogens is 1. The summed E-state index contributed by atoms with van der Waals surface area (Å²) >= 11 is 3.43. The van der Waals surface area contributed by atoms with Crippen LogP contribution in [0.1, 0.15) is 17.1 Å². The Morgan fingerprint density at radius 1 is 1.52 bits per heavy atom. The molecule has 0 saturated carbocycles. The number of piperazine rings is 1. The van der Waals surface area contributed by atoms with Gasteiger partial charge in [0.05, 0.1) is 12.2 Å². The van der Waals surface area contributed by atoms with E-state index in [2.05, 4.69) is 40.5 Å². The molecule has 0 unspecified atom stereocenters. The number of thioether (sulfide) groups is 1. The second-order valence-electron chi connectivity index (χ2n) is 5.54. The van der Waals surface area contributed by atoms with E-state index in [4.69, 9.17) is 0 Å². The number of hydrogen-bond acceptors (Lipinski definition) is 6. The van der Waals surface area contributed by atoms with Gasteiger partial charge in [0, 0.05) is 43.2 Å². The van der Waals surface area contributed by atoms with Crippen LogP contribution in [-0.4, -0.2) is 66.7 Å². The molecule has 0 radical (unpaired) electrons. The highest BCUT2D eigenvalue weighted by molar-refractivity contribution is 7.97. The molecule has 7 heteroatoms. The van der Waals surface area contributed by atoms with Crippen molar-refractivity contribution in [3.8, 4) is 0 Å².